The van der Waals surface area contributed by atoms with Crippen molar-refractivity contribution >= 4 is 11.7 Å². The molecular weight excluding hydrogens is 226 g/mol. The summed E-state index contributed by atoms with van der Waals surface area (Å²) in [5, 5.41) is 0. The maximum Gasteiger partial charge on any atom is 0.228 e. The fourth-order valence-electron chi connectivity index (χ4n) is 1.99. The third kappa shape index (κ3) is 4.45. The molecule has 1 unspecified atom stereocenters. The van der Waals surface area contributed by atoms with Crippen molar-refractivity contribution in [2.45, 2.75) is 26.7 Å². The number of anilines is 1. The van der Waals surface area contributed by atoms with Gasteiger partial charge in [0.05, 0.1) is 0 Å². The van der Waals surface area contributed by atoms with E-state index in [2.05, 4.69) is 18.8 Å². The molecule has 2 N–H and O–H groups in total. The number of amides is 1. The molecule has 0 aromatic carbocycles. The summed E-state index contributed by atoms with van der Waals surface area (Å²) < 4.78 is 0. The Morgan fingerprint density at radius 1 is 1.44 bits per heavy atom. The van der Waals surface area contributed by atoms with Gasteiger partial charge in [0.15, 0.2) is 0 Å². The van der Waals surface area contributed by atoms with Crippen molar-refractivity contribution < 1.29 is 4.79 Å². The average molecular weight is 249 g/mol. The van der Waals surface area contributed by atoms with Crippen molar-refractivity contribution in [2.24, 2.45) is 17.6 Å². The van der Waals surface area contributed by atoms with E-state index < -0.39 is 0 Å². The summed E-state index contributed by atoms with van der Waals surface area (Å²) in [4.78, 5) is 17.9. The number of carbonyl (C=O) groups excluding carboxylic acids is 1. The smallest absolute Gasteiger partial charge is 0.228 e. The van der Waals surface area contributed by atoms with Crippen molar-refractivity contribution in [1.82, 2.24) is 4.98 Å². The van der Waals surface area contributed by atoms with Crippen LogP contribution in [0.4, 0.5) is 5.82 Å². The molecule has 0 spiro atoms. The maximum absolute atomic E-state index is 12.1. The molecular formula is C14H23N3O. The van der Waals surface area contributed by atoms with E-state index in [9.17, 15) is 4.79 Å². The fourth-order valence-corrected chi connectivity index (χ4v) is 1.99. The number of rotatable bonds is 6. The van der Waals surface area contributed by atoms with Crippen molar-refractivity contribution in [2.75, 3.05) is 18.5 Å². The third-order valence-corrected chi connectivity index (χ3v) is 2.97. The number of hydrogen-bond acceptors (Lipinski definition) is 3. The summed E-state index contributed by atoms with van der Waals surface area (Å²) in [6, 6.07) is 5.54. The van der Waals surface area contributed by atoms with E-state index in [1.807, 2.05) is 18.2 Å². The lowest BCUT2D eigenvalue weighted by atomic mass is 9.94. The second-order valence-corrected chi connectivity index (χ2v) is 5.08. The molecule has 18 heavy (non-hydrogen) atoms. The van der Waals surface area contributed by atoms with Gasteiger partial charge in [-0.1, -0.05) is 19.9 Å². The third-order valence-electron chi connectivity index (χ3n) is 2.97. The van der Waals surface area contributed by atoms with E-state index in [4.69, 9.17) is 5.73 Å². The summed E-state index contributed by atoms with van der Waals surface area (Å²) in [7, 11) is 1.76. The minimum atomic E-state index is 0.0739. The van der Waals surface area contributed by atoms with Crippen molar-refractivity contribution in [3.8, 4) is 0 Å². The van der Waals surface area contributed by atoms with E-state index in [-0.39, 0.29) is 11.8 Å². The van der Waals surface area contributed by atoms with E-state index in [1.54, 1.807) is 18.1 Å². The second-order valence-electron chi connectivity index (χ2n) is 5.08. The lowest BCUT2D eigenvalue weighted by molar-refractivity contribution is -0.119. The van der Waals surface area contributed by atoms with Crippen LogP contribution in [0, 0.1) is 11.8 Å². The first-order chi connectivity index (χ1) is 8.54. The molecule has 0 saturated carbocycles. The molecule has 4 nitrogen and oxygen atoms in total. The van der Waals surface area contributed by atoms with Gasteiger partial charge in [-0.15, -0.1) is 0 Å². The summed E-state index contributed by atoms with van der Waals surface area (Å²) >= 11 is 0. The van der Waals surface area contributed by atoms with Crippen LogP contribution in [0.5, 0.6) is 0 Å². The van der Waals surface area contributed by atoms with Crippen LogP contribution in [0.15, 0.2) is 24.4 Å². The van der Waals surface area contributed by atoms with E-state index >= 15 is 0 Å². The highest BCUT2D eigenvalue weighted by molar-refractivity contribution is 5.91. The first-order valence-electron chi connectivity index (χ1n) is 6.42. The predicted octanol–water partition coefficient (Wildman–Crippen LogP) is 2.06. The van der Waals surface area contributed by atoms with Crippen molar-refractivity contribution in [1.29, 1.82) is 0 Å². The number of nitrogens with two attached hydrogens (primary N) is 1. The molecule has 1 amide bonds. The standard InChI is InChI=1S/C14H23N3O/c1-11(2)8-12(10-15)9-14(18)17(3)13-6-4-5-7-16-13/h4-7,11-12H,8-10,15H2,1-3H3. The first-order valence-corrected chi connectivity index (χ1v) is 6.42. The van der Waals surface area contributed by atoms with Gasteiger partial charge >= 0.3 is 0 Å². The lowest BCUT2D eigenvalue weighted by Crippen LogP contribution is -2.31. The molecule has 1 heterocycles. The molecule has 0 aliphatic carbocycles. The normalized spacial score (nSPS) is 12.5. The van der Waals surface area contributed by atoms with Crippen LogP contribution in [0.1, 0.15) is 26.7 Å². The van der Waals surface area contributed by atoms with Crippen LogP contribution in [0.25, 0.3) is 0 Å². The molecule has 1 atom stereocenters. The molecule has 0 aliphatic rings. The summed E-state index contributed by atoms with van der Waals surface area (Å²) in [6.45, 7) is 4.85. The minimum absolute atomic E-state index is 0.0739. The highest BCUT2D eigenvalue weighted by Gasteiger charge is 2.18. The van der Waals surface area contributed by atoms with Gasteiger partial charge in [-0.05, 0) is 36.9 Å². The summed E-state index contributed by atoms with van der Waals surface area (Å²) in [5.41, 5.74) is 5.72. The van der Waals surface area contributed by atoms with Crippen LogP contribution < -0.4 is 10.6 Å². The predicted molar refractivity (Wildman–Crippen MR) is 74.3 cm³/mol. The van der Waals surface area contributed by atoms with Gasteiger partial charge in [-0.25, -0.2) is 4.98 Å². The number of carbonyl (C=O) groups is 1. The SMILES string of the molecule is CC(C)CC(CN)CC(=O)N(C)c1ccccn1. The second kappa shape index (κ2) is 7.11. The molecule has 0 fully saturated rings. The van der Waals surface area contributed by atoms with Crippen molar-refractivity contribution in [3.63, 3.8) is 0 Å². The Hall–Kier alpha value is -1.42. The highest BCUT2D eigenvalue weighted by Crippen LogP contribution is 2.17. The Bertz CT molecular complexity index is 365. The molecule has 0 bridgehead atoms. The molecule has 0 aliphatic heterocycles. The van der Waals surface area contributed by atoms with Gasteiger partial charge in [0.25, 0.3) is 0 Å². The average Bonchev–Trinajstić information content (AvgIpc) is 2.37. The molecule has 1 rings (SSSR count). The van der Waals surface area contributed by atoms with E-state index in [0.29, 0.717) is 24.7 Å². The number of pyridine rings is 1. The molecule has 0 saturated heterocycles. The zero-order valence-electron chi connectivity index (χ0n) is 11.5. The van der Waals surface area contributed by atoms with E-state index in [0.717, 1.165) is 6.42 Å². The van der Waals surface area contributed by atoms with Gasteiger partial charge < -0.3 is 5.73 Å². The van der Waals surface area contributed by atoms with Crippen molar-refractivity contribution in [3.05, 3.63) is 24.4 Å². The Morgan fingerprint density at radius 2 is 2.17 bits per heavy atom. The number of hydrogen-bond donors (Lipinski definition) is 1. The lowest BCUT2D eigenvalue weighted by Gasteiger charge is -2.21. The summed E-state index contributed by atoms with van der Waals surface area (Å²) in [6.07, 6.45) is 3.16. The molecule has 1 aromatic rings. The van der Waals surface area contributed by atoms with Gasteiger partial charge in [-0.3, -0.25) is 9.69 Å². The van der Waals surface area contributed by atoms with Crippen LogP contribution in [-0.2, 0) is 4.79 Å². The molecule has 1 aromatic heterocycles. The Balaban J connectivity index is 2.59. The summed E-state index contributed by atoms with van der Waals surface area (Å²) in [5.74, 6) is 1.57. The van der Waals surface area contributed by atoms with Gasteiger partial charge in [0.2, 0.25) is 5.91 Å². The molecule has 100 valence electrons. The Labute approximate surface area is 109 Å². The maximum atomic E-state index is 12.1. The van der Waals surface area contributed by atoms with Crippen LogP contribution in [0.3, 0.4) is 0 Å². The fraction of sp³-hybridized carbons (Fsp3) is 0.571. The zero-order chi connectivity index (χ0) is 13.5. The molecule has 0 radical (unpaired) electrons. The largest absolute Gasteiger partial charge is 0.330 e. The first kappa shape index (κ1) is 14.6. The Morgan fingerprint density at radius 3 is 2.67 bits per heavy atom. The minimum Gasteiger partial charge on any atom is -0.330 e. The van der Waals surface area contributed by atoms with Gasteiger partial charge in [-0.2, -0.15) is 0 Å². The van der Waals surface area contributed by atoms with Gasteiger partial charge in [0, 0.05) is 19.7 Å². The Kier molecular flexibility index (Phi) is 5.78. The highest BCUT2D eigenvalue weighted by atomic mass is 16.2. The number of nitrogens with zero attached hydrogens (tertiary/aromatic N) is 2. The van der Waals surface area contributed by atoms with Gasteiger partial charge in [0.1, 0.15) is 5.82 Å². The number of aromatic nitrogens is 1. The van der Waals surface area contributed by atoms with Crippen LogP contribution in [0.2, 0.25) is 0 Å². The van der Waals surface area contributed by atoms with Crippen LogP contribution in [-0.4, -0.2) is 24.5 Å². The zero-order valence-corrected chi connectivity index (χ0v) is 11.5. The monoisotopic (exact) mass is 249 g/mol. The topological polar surface area (TPSA) is 59.2 Å². The van der Waals surface area contributed by atoms with Crippen LogP contribution >= 0.6 is 0 Å². The quantitative estimate of drug-likeness (QED) is 0.839. The molecule has 4 heteroatoms. The van der Waals surface area contributed by atoms with E-state index in [1.165, 1.54) is 0 Å².